The first-order chi connectivity index (χ1) is 12.9. The summed E-state index contributed by atoms with van der Waals surface area (Å²) in [7, 11) is 1.60. The number of ether oxygens (including phenoxy) is 1. The minimum Gasteiger partial charge on any atom is -0.497 e. The summed E-state index contributed by atoms with van der Waals surface area (Å²) in [6.45, 7) is 3.68. The van der Waals surface area contributed by atoms with Gasteiger partial charge in [0.25, 0.3) is 0 Å². The Morgan fingerprint density at radius 1 is 1.15 bits per heavy atom. The molecule has 0 aromatic heterocycles. The fraction of sp³-hybridized carbons (Fsp3) is 0.333. The number of carboxylic acid groups (broad SMARTS) is 1. The zero-order valence-corrected chi connectivity index (χ0v) is 16.6. The lowest BCUT2D eigenvalue weighted by Gasteiger charge is -2.29. The summed E-state index contributed by atoms with van der Waals surface area (Å²) in [5.41, 5.74) is -0.447. The monoisotopic (exact) mass is 387 g/mol. The molecule has 5 nitrogen and oxygen atoms in total. The molecule has 0 aliphatic heterocycles. The summed E-state index contributed by atoms with van der Waals surface area (Å²) < 4.78 is 5.13. The minimum absolute atomic E-state index is 0.0508. The van der Waals surface area contributed by atoms with E-state index in [4.69, 9.17) is 4.74 Å². The van der Waals surface area contributed by atoms with Gasteiger partial charge in [-0.25, -0.2) is 0 Å². The summed E-state index contributed by atoms with van der Waals surface area (Å²) in [5.74, 6) is -0.369. The SMILES string of the molecule is CCC(CNC(=O)C(C)Sc1ccc(OC)cc1)(C(=O)O)c1ccccc1. The average Bonchev–Trinajstić information content (AvgIpc) is 2.69. The van der Waals surface area contributed by atoms with Crippen LogP contribution in [-0.4, -0.2) is 35.9 Å². The Balaban J connectivity index is 2.05. The van der Waals surface area contributed by atoms with Crippen LogP contribution < -0.4 is 10.1 Å². The highest BCUT2D eigenvalue weighted by Crippen LogP contribution is 2.29. The van der Waals surface area contributed by atoms with Gasteiger partial charge in [0, 0.05) is 11.4 Å². The molecule has 0 saturated carbocycles. The predicted molar refractivity (Wildman–Crippen MR) is 107 cm³/mol. The topological polar surface area (TPSA) is 75.6 Å². The van der Waals surface area contributed by atoms with Gasteiger partial charge in [-0.3, -0.25) is 9.59 Å². The van der Waals surface area contributed by atoms with Crippen LogP contribution in [0.5, 0.6) is 5.75 Å². The number of methoxy groups -OCH3 is 1. The van der Waals surface area contributed by atoms with E-state index in [9.17, 15) is 14.7 Å². The van der Waals surface area contributed by atoms with Gasteiger partial charge in [0.2, 0.25) is 5.91 Å². The molecule has 0 radical (unpaired) electrons. The Labute approximate surface area is 164 Å². The molecule has 0 spiro atoms. The Kier molecular flexibility index (Phi) is 7.30. The maximum absolute atomic E-state index is 12.5. The van der Waals surface area contributed by atoms with E-state index in [2.05, 4.69) is 5.32 Å². The second-order valence-electron chi connectivity index (χ2n) is 6.26. The number of aliphatic carboxylic acids is 1. The predicted octanol–water partition coefficient (Wildman–Crippen LogP) is 3.72. The molecule has 2 unspecified atom stereocenters. The van der Waals surface area contributed by atoms with Crippen LogP contribution in [-0.2, 0) is 15.0 Å². The number of thioether (sulfide) groups is 1. The third-order valence-corrected chi connectivity index (χ3v) is 5.76. The van der Waals surface area contributed by atoms with Crippen molar-refractivity contribution in [1.29, 1.82) is 0 Å². The lowest BCUT2D eigenvalue weighted by Crippen LogP contribution is -2.47. The zero-order valence-electron chi connectivity index (χ0n) is 15.8. The van der Waals surface area contributed by atoms with Gasteiger partial charge < -0.3 is 15.2 Å². The molecule has 2 N–H and O–H groups in total. The van der Waals surface area contributed by atoms with Crippen LogP contribution in [0.15, 0.2) is 59.5 Å². The van der Waals surface area contributed by atoms with E-state index in [0.29, 0.717) is 12.0 Å². The number of hydrogen-bond acceptors (Lipinski definition) is 4. The summed E-state index contributed by atoms with van der Waals surface area (Å²) >= 11 is 1.42. The average molecular weight is 388 g/mol. The maximum Gasteiger partial charge on any atom is 0.315 e. The molecule has 6 heteroatoms. The van der Waals surface area contributed by atoms with Crippen LogP contribution >= 0.6 is 11.8 Å². The summed E-state index contributed by atoms with van der Waals surface area (Å²) in [6.07, 6.45) is 0.382. The van der Waals surface area contributed by atoms with Crippen molar-refractivity contribution in [1.82, 2.24) is 5.32 Å². The first kappa shape index (κ1) is 20.8. The van der Waals surface area contributed by atoms with Crippen LogP contribution in [0, 0.1) is 0 Å². The van der Waals surface area contributed by atoms with Crippen LogP contribution in [0.2, 0.25) is 0 Å². The molecule has 0 bridgehead atoms. The Bertz CT molecular complexity index is 764. The van der Waals surface area contributed by atoms with Crippen molar-refractivity contribution in [2.75, 3.05) is 13.7 Å². The molecule has 2 atom stereocenters. The molecule has 0 saturated heterocycles. The minimum atomic E-state index is -1.14. The lowest BCUT2D eigenvalue weighted by atomic mass is 9.78. The van der Waals surface area contributed by atoms with Crippen LogP contribution in [0.4, 0.5) is 0 Å². The van der Waals surface area contributed by atoms with Crippen molar-refractivity contribution in [3.05, 3.63) is 60.2 Å². The molecule has 0 aliphatic rings. The van der Waals surface area contributed by atoms with E-state index < -0.39 is 11.4 Å². The van der Waals surface area contributed by atoms with Crippen LogP contribution in [0.3, 0.4) is 0 Å². The number of hydrogen-bond donors (Lipinski definition) is 2. The van der Waals surface area contributed by atoms with E-state index in [0.717, 1.165) is 10.6 Å². The van der Waals surface area contributed by atoms with E-state index in [1.165, 1.54) is 11.8 Å². The normalized spacial score (nSPS) is 14.0. The first-order valence-electron chi connectivity index (χ1n) is 8.80. The number of benzene rings is 2. The Hall–Kier alpha value is -2.47. The molecule has 144 valence electrons. The summed E-state index contributed by atoms with van der Waals surface area (Å²) in [6, 6.07) is 16.5. The molecule has 2 aromatic carbocycles. The van der Waals surface area contributed by atoms with Crippen LogP contribution in [0.25, 0.3) is 0 Å². The summed E-state index contributed by atoms with van der Waals surface area (Å²) in [4.78, 5) is 25.5. The van der Waals surface area contributed by atoms with Crippen LogP contribution in [0.1, 0.15) is 25.8 Å². The molecule has 0 heterocycles. The van der Waals surface area contributed by atoms with Gasteiger partial charge in [0.15, 0.2) is 0 Å². The second kappa shape index (κ2) is 9.46. The highest BCUT2D eigenvalue weighted by atomic mass is 32.2. The number of rotatable bonds is 9. The standard InChI is InChI=1S/C21H25NO4S/c1-4-21(20(24)25,16-8-6-5-7-9-16)14-22-19(23)15(2)27-18-12-10-17(26-3)11-13-18/h5-13,15H,4,14H2,1-3H3,(H,22,23)(H,24,25). The smallest absolute Gasteiger partial charge is 0.315 e. The second-order valence-corrected chi connectivity index (χ2v) is 7.67. The van der Waals surface area contributed by atoms with Crippen molar-refractivity contribution >= 4 is 23.6 Å². The van der Waals surface area contributed by atoms with Gasteiger partial charge in [0.05, 0.1) is 12.4 Å². The number of carbonyl (C=O) groups excluding carboxylic acids is 1. The fourth-order valence-corrected chi connectivity index (χ4v) is 3.72. The van der Waals surface area contributed by atoms with Crippen molar-refractivity contribution in [3.63, 3.8) is 0 Å². The molecular weight excluding hydrogens is 362 g/mol. The quantitative estimate of drug-likeness (QED) is 0.641. The van der Waals surface area contributed by atoms with E-state index in [1.807, 2.05) is 49.4 Å². The van der Waals surface area contributed by atoms with Gasteiger partial charge >= 0.3 is 5.97 Å². The molecule has 0 fully saturated rings. The van der Waals surface area contributed by atoms with Gasteiger partial charge in [-0.2, -0.15) is 0 Å². The van der Waals surface area contributed by atoms with E-state index in [-0.39, 0.29) is 17.7 Å². The Morgan fingerprint density at radius 3 is 2.30 bits per heavy atom. The van der Waals surface area contributed by atoms with Crippen molar-refractivity contribution in [2.45, 2.75) is 35.8 Å². The lowest BCUT2D eigenvalue weighted by molar-refractivity contribution is -0.144. The fourth-order valence-electron chi connectivity index (χ4n) is 2.83. The number of carboxylic acids is 1. The van der Waals surface area contributed by atoms with Crippen molar-refractivity contribution in [2.24, 2.45) is 0 Å². The van der Waals surface area contributed by atoms with Gasteiger partial charge in [-0.15, -0.1) is 11.8 Å². The maximum atomic E-state index is 12.5. The Morgan fingerprint density at radius 2 is 1.78 bits per heavy atom. The van der Waals surface area contributed by atoms with E-state index >= 15 is 0 Å². The van der Waals surface area contributed by atoms with Gasteiger partial charge in [-0.1, -0.05) is 37.3 Å². The number of carbonyl (C=O) groups is 2. The van der Waals surface area contributed by atoms with E-state index in [1.54, 1.807) is 26.2 Å². The molecule has 0 aliphatic carbocycles. The third kappa shape index (κ3) is 5.04. The van der Waals surface area contributed by atoms with Gasteiger partial charge in [0.1, 0.15) is 11.2 Å². The highest BCUT2D eigenvalue weighted by Gasteiger charge is 2.39. The molecule has 27 heavy (non-hydrogen) atoms. The van der Waals surface area contributed by atoms with Crippen molar-refractivity contribution < 1.29 is 19.4 Å². The zero-order chi connectivity index (χ0) is 19.9. The highest BCUT2D eigenvalue weighted by molar-refractivity contribution is 8.00. The molecule has 2 rings (SSSR count). The molecule has 2 aromatic rings. The number of nitrogens with one attached hydrogen (secondary N) is 1. The molecule has 1 amide bonds. The third-order valence-electron chi connectivity index (χ3n) is 4.65. The first-order valence-corrected chi connectivity index (χ1v) is 9.68. The molecular formula is C21H25NO4S. The van der Waals surface area contributed by atoms with Gasteiger partial charge in [-0.05, 0) is 43.2 Å². The summed E-state index contributed by atoms with van der Waals surface area (Å²) in [5, 5.41) is 12.3. The largest absolute Gasteiger partial charge is 0.497 e. The number of amides is 1. The van der Waals surface area contributed by atoms with Crippen molar-refractivity contribution in [3.8, 4) is 5.75 Å².